The number of hydrogen-bond acceptors (Lipinski definition) is 3. The molecule has 0 saturated carbocycles. The Hall–Kier alpha value is -2.93. The van der Waals surface area contributed by atoms with E-state index in [9.17, 15) is 22.4 Å². The molecule has 0 aliphatic carbocycles. The predicted octanol–water partition coefficient (Wildman–Crippen LogP) is 6.42. The van der Waals surface area contributed by atoms with Crippen LogP contribution in [0.4, 0.5) is 17.6 Å². The van der Waals surface area contributed by atoms with Crippen LogP contribution < -0.4 is 0 Å². The fraction of sp³-hybridized carbons (Fsp3) is 0.0909. The van der Waals surface area contributed by atoms with Crippen LogP contribution >= 0.6 is 11.8 Å². The maximum absolute atomic E-state index is 14.5. The third kappa shape index (κ3) is 3.58. The van der Waals surface area contributed by atoms with Gasteiger partial charge in [-0.05, 0) is 34.5 Å². The monoisotopic (exact) mass is 415 g/mol. The van der Waals surface area contributed by atoms with E-state index in [4.69, 9.17) is 5.41 Å². The number of nitrogens with one attached hydrogen (secondary N) is 1. The molecule has 0 aromatic heterocycles. The van der Waals surface area contributed by atoms with Crippen molar-refractivity contribution in [2.24, 2.45) is 0 Å². The molecule has 1 unspecified atom stereocenters. The molecule has 3 aromatic rings. The van der Waals surface area contributed by atoms with Crippen molar-refractivity contribution in [1.82, 2.24) is 0 Å². The SMILES string of the molecule is N=C1SC(=Cc2c(F)ccc3ccccc23)C(=O)C1c1cccc(C(F)(F)F)c1. The second-order valence-electron chi connectivity index (χ2n) is 6.58. The van der Waals surface area contributed by atoms with Gasteiger partial charge in [0.05, 0.1) is 21.4 Å². The third-order valence-electron chi connectivity index (χ3n) is 4.73. The number of benzene rings is 3. The number of ketones is 1. The third-order valence-corrected chi connectivity index (χ3v) is 5.72. The molecule has 1 atom stereocenters. The fourth-order valence-electron chi connectivity index (χ4n) is 3.33. The molecule has 1 saturated heterocycles. The zero-order valence-corrected chi connectivity index (χ0v) is 15.6. The lowest BCUT2D eigenvalue weighted by Gasteiger charge is -2.12. The van der Waals surface area contributed by atoms with Gasteiger partial charge in [0, 0.05) is 5.56 Å². The van der Waals surface area contributed by atoms with Crippen LogP contribution in [0, 0.1) is 11.2 Å². The molecule has 1 fully saturated rings. The lowest BCUT2D eigenvalue weighted by atomic mass is 9.93. The second-order valence-corrected chi connectivity index (χ2v) is 7.66. The molecule has 29 heavy (non-hydrogen) atoms. The minimum absolute atomic E-state index is 0.0822. The minimum Gasteiger partial charge on any atom is -0.297 e. The van der Waals surface area contributed by atoms with Crippen molar-refractivity contribution in [3.63, 3.8) is 0 Å². The van der Waals surface area contributed by atoms with Gasteiger partial charge in [-0.15, -0.1) is 0 Å². The molecule has 1 N–H and O–H groups in total. The normalized spacial score (nSPS) is 18.8. The van der Waals surface area contributed by atoms with Crippen molar-refractivity contribution in [2.75, 3.05) is 0 Å². The predicted molar refractivity (Wildman–Crippen MR) is 106 cm³/mol. The molecule has 1 aliphatic heterocycles. The van der Waals surface area contributed by atoms with E-state index in [2.05, 4.69) is 0 Å². The molecule has 0 amide bonds. The maximum atomic E-state index is 14.5. The van der Waals surface area contributed by atoms with Gasteiger partial charge in [0.2, 0.25) is 0 Å². The van der Waals surface area contributed by atoms with E-state index in [0.717, 1.165) is 29.3 Å². The summed E-state index contributed by atoms with van der Waals surface area (Å²) in [6, 6.07) is 14.5. The van der Waals surface area contributed by atoms with Crippen molar-refractivity contribution in [1.29, 1.82) is 5.41 Å². The van der Waals surface area contributed by atoms with Crippen molar-refractivity contribution < 1.29 is 22.4 Å². The van der Waals surface area contributed by atoms with Crippen molar-refractivity contribution in [3.05, 3.63) is 88.1 Å². The largest absolute Gasteiger partial charge is 0.416 e. The summed E-state index contributed by atoms with van der Waals surface area (Å²) in [5.74, 6) is -2.14. The number of carbonyl (C=O) groups is 1. The number of allylic oxidation sites excluding steroid dienone is 1. The average molecular weight is 415 g/mol. The Labute approximate surface area is 167 Å². The van der Waals surface area contributed by atoms with Gasteiger partial charge in [-0.2, -0.15) is 13.2 Å². The number of rotatable bonds is 2. The number of thioether (sulfide) groups is 1. The summed E-state index contributed by atoms with van der Waals surface area (Å²) in [7, 11) is 0. The first-order chi connectivity index (χ1) is 13.8. The Kier molecular flexibility index (Phi) is 4.78. The van der Waals surface area contributed by atoms with Crippen LogP contribution in [-0.2, 0) is 11.0 Å². The summed E-state index contributed by atoms with van der Waals surface area (Å²) in [5.41, 5.74) is -0.557. The van der Waals surface area contributed by atoms with E-state index in [1.165, 1.54) is 24.3 Å². The number of hydrogen-bond donors (Lipinski definition) is 1. The van der Waals surface area contributed by atoms with Gasteiger partial charge in [0.1, 0.15) is 5.82 Å². The van der Waals surface area contributed by atoms with Crippen LogP contribution in [0.15, 0.2) is 65.6 Å². The Morgan fingerprint density at radius 1 is 1.00 bits per heavy atom. The van der Waals surface area contributed by atoms with E-state index in [1.54, 1.807) is 18.2 Å². The molecule has 0 spiro atoms. The summed E-state index contributed by atoms with van der Waals surface area (Å²) in [6.07, 6.45) is -3.16. The van der Waals surface area contributed by atoms with E-state index in [-0.39, 0.29) is 21.1 Å². The van der Waals surface area contributed by atoms with Crippen molar-refractivity contribution in [2.45, 2.75) is 12.1 Å². The van der Waals surface area contributed by atoms with Crippen LogP contribution in [0.5, 0.6) is 0 Å². The zero-order chi connectivity index (χ0) is 20.8. The van der Waals surface area contributed by atoms with Crippen molar-refractivity contribution in [3.8, 4) is 0 Å². The summed E-state index contributed by atoms with van der Waals surface area (Å²) >= 11 is 0.849. The first kappa shape index (κ1) is 19.4. The molecule has 0 bridgehead atoms. The molecule has 2 nitrogen and oxygen atoms in total. The highest BCUT2D eigenvalue weighted by atomic mass is 32.2. The van der Waals surface area contributed by atoms with Gasteiger partial charge in [0.15, 0.2) is 5.78 Å². The number of halogens is 4. The molecule has 1 heterocycles. The van der Waals surface area contributed by atoms with E-state index in [0.29, 0.717) is 5.39 Å². The summed E-state index contributed by atoms with van der Waals surface area (Å²) in [4.78, 5) is 13.0. The smallest absolute Gasteiger partial charge is 0.297 e. The lowest BCUT2D eigenvalue weighted by molar-refractivity contribution is -0.137. The molecule has 7 heteroatoms. The fourth-order valence-corrected chi connectivity index (χ4v) is 4.33. The van der Waals surface area contributed by atoms with E-state index < -0.39 is 29.3 Å². The van der Waals surface area contributed by atoms with Gasteiger partial charge in [-0.25, -0.2) is 4.39 Å². The number of alkyl halides is 3. The first-order valence-corrected chi connectivity index (χ1v) is 9.44. The number of carbonyl (C=O) groups excluding carboxylic acids is 1. The summed E-state index contributed by atoms with van der Waals surface area (Å²) in [6.45, 7) is 0. The number of Topliss-reactive ketones (excluding diaryl/α,β-unsaturated/α-hetero) is 1. The van der Waals surface area contributed by atoms with Gasteiger partial charge >= 0.3 is 6.18 Å². The topological polar surface area (TPSA) is 40.9 Å². The van der Waals surface area contributed by atoms with Gasteiger partial charge in [0.25, 0.3) is 0 Å². The van der Waals surface area contributed by atoms with E-state index >= 15 is 0 Å². The maximum Gasteiger partial charge on any atom is 0.416 e. The molecular weight excluding hydrogens is 402 g/mol. The first-order valence-electron chi connectivity index (χ1n) is 8.62. The molecular formula is C22H13F4NOS. The average Bonchev–Trinajstić information content (AvgIpc) is 2.97. The minimum atomic E-state index is -4.54. The zero-order valence-electron chi connectivity index (χ0n) is 14.8. The summed E-state index contributed by atoms with van der Waals surface area (Å²) in [5, 5.41) is 9.46. The highest BCUT2D eigenvalue weighted by molar-refractivity contribution is 8.19. The van der Waals surface area contributed by atoms with Gasteiger partial charge in [-0.1, -0.05) is 60.3 Å². The Balaban J connectivity index is 1.76. The highest BCUT2D eigenvalue weighted by Crippen LogP contribution is 2.42. The molecule has 0 radical (unpaired) electrons. The standard InChI is InChI=1S/C22H13F4NOS/c23-17-9-8-12-4-1-2-7-15(12)16(17)11-18-20(28)19(21(27)29-18)13-5-3-6-14(10-13)22(24,25)26/h1-11,19,27H. The van der Waals surface area contributed by atoms with Crippen LogP contribution in [0.25, 0.3) is 16.8 Å². The molecule has 146 valence electrons. The number of fused-ring (bicyclic) bond motifs is 1. The van der Waals surface area contributed by atoms with E-state index in [1.807, 2.05) is 12.1 Å². The Morgan fingerprint density at radius 3 is 2.52 bits per heavy atom. The quantitative estimate of drug-likeness (QED) is 0.388. The second kappa shape index (κ2) is 7.15. The molecule has 4 rings (SSSR count). The Morgan fingerprint density at radius 2 is 1.76 bits per heavy atom. The molecule has 1 aliphatic rings. The van der Waals surface area contributed by atoms with Crippen LogP contribution in [0.1, 0.15) is 22.6 Å². The van der Waals surface area contributed by atoms with Crippen LogP contribution in [0.2, 0.25) is 0 Å². The molecule has 3 aromatic carbocycles. The Bertz CT molecular complexity index is 1180. The van der Waals surface area contributed by atoms with Gasteiger partial charge in [-0.3, -0.25) is 10.2 Å². The van der Waals surface area contributed by atoms with Crippen LogP contribution in [-0.4, -0.2) is 10.8 Å². The lowest BCUT2D eigenvalue weighted by Crippen LogP contribution is -2.13. The summed E-state index contributed by atoms with van der Waals surface area (Å²) < 4.78 is 53.5. The van der Waals surface area contributed by atoms with Crippen LogP contribution in [0.3, 0.4) is 0 Å². The van der Waals surface area contributed by atoms with Crippen molar-refractivity contribution >= 4 is 39.4 Å². The van der Waals surface area contributed by atoms with Gasteiger partial charge < -0.3 is 0 Å². The highest BCUT2D eigenvalue weighted by Gasteiger charge is 2.38.